The van der Waals surface area contributed by atoms with E-state index in [-0.39, 0.29) is 6.04 Å². The van der Waals surface area contributed by atoms with Crippen LogP contribution in [0.2, 0.25) is 4.34 Å². The van der Waals surface area contributed by atoms with Crippen LogP contribution < -0.4 is 0 Å². The monoisotopic (exact) mass is 419 g/mol. The lowest BCUT2D eigenvalue weighted by Crippen LogP contribution is -2.46. The first kappa shape index (κ1) is 16.5. The van der Waals surface area contributed by atoms with Gasteiger partial charge < -0.3 is 5.11 Å². The average molecular weight is 421 g/mol. The third-order valence-corrected chi connectivity index (χ3v) is 6.85. The lowest BCUT2D eigenvalue weighted by Gasteiger charge is -2.38. The molecule has 0 saturated carbocycles. The van der Waals surface area contributed by atoms with Gasteiger partial charge in [0.1, 0.15) is 6.04 Å². The molecule has 1 fully saturated rings. The maximum absolute atomic E-state index is 11.7. The highest BCUT2D eigenvalue weighted by Gasteiger charge is 2.36. The van der Waals surface area contributed by atoms with Gasteiger partial charge in [-0.15, -0.1) is 22.7 Å². The molecule has 0 aliphatic carbocycles. The zero-order valence-corrected chi connectivity index (χ0v) is 15.6. The lowest BCUT2D eigenvalue weighted by molar-refractivity contribution is -0.145. The highest BCUT2D eigenvalue weighted by Crippen LogP contribution is 2.41. The number of hydrogen-bond donors (Lipinski definition) is 1. The topological polar surface area (TPSA) is 40.5 Å². The molecule has 2 atom stereocenters. The molecule has 0 radical (unpaired) electrons. The Morgan fingerprint density at radius 1 is 1.27 bits per heavy atom. The second-order valence-corrected chi connectivity index (χ2v) is 9.52. The van der Waals surface area contributed by atoms with Crippen LogP contribution >= 0.6 is 50.2 Å². The van der Waals surface area contributed by atoms with Gasteiger partial charge in [0.2, 0.25) is 0 Å². The average Bonchev–Trinajstić information content (AvgIpc) is 3.09. The van der Waals surface area contributed by atoms with Crippen molar-refractivity contribution >= 4 is 56.2 Å². The molecule has 1 saturated heterocycles. The van der Waals surface area contributed by atoms with Crippen LogP contribution in [0.15, 0.2) is 28.1 Å². The van der Waals surface area contributed by atoms with Gasteiger partial charge in [0, 0.05) is 9.75 Å². The maximum atomic E-state index is 11.7. The van der Waals surface area contributed by atoms with E-state index in [1.165, 1.54) is 11.3 Å². The highest BCUT2D eigenvalue weighted by molar-refractivity contribution is 9.11. The van der Waals surface area contributed by atoms with Crippen molar-refractivity contribution in [2.75, 3.05) is 6.54 Å². The summed E-state index contributed by atoms with van der Waals surface area (Å²) < 4.78 is 1.79. The summed E-state index contributed by atoms with van der Waals surface area (Å²) in [4.78, 5) is 16.0. The van der Waals surface area contributed by atoms with Crippen LogP contribution in [0.4, 0.5) is 0 Å². The van der Waals surface area contributed by atoms with Crippen LogP contribution in [0.3, 0.4) is 0 Å². The molecule has 118 valence electrons. The third kappa shape index (κ3) is 3.41. The van der Waals surface area contributed by atoms with Crippen molar-refractivity contribution in [1.82, 2.24) is 4.90 Å². The maximum Gasteiger partial charge on any atom is 0.320 e. The Morgan fingerprint density at radius 3 is 2.59 bits per heavy atom. The summed E-state index contributed by atoms with van der Waals surface area (Å²) in [6, 6.07) is 7.52. The quantitative estimate of drug-likeness (QED) is 0.734. The summed E-state index contributed by atoms with van der Waals surface area (Å²) >= 11 is 12.8. The second-order valence-electron chi connectivity index (χ2n) is 5.27. The van der Waals surface area contributed by atoms with Gasteiger partial charge in [-0.1, -0.05) is 18.0 Å². The number of halogens is 2. The Hall–Kier alpha value is -0.400. The summed E-state index contributed by atoms with van der Waals surface area (Å²) in [5.41, 5.74) is 0. The first-order valence-electron chi connectivity index (χ1n) is 7.05. The molecule has 0 spiro atoms. The fourth-order valence-corrected chi connectivity index (χ4v) is 5.79. The van der Waals surface area contributed by atoms with E-state index in [0.717, 1.165) is 37.3 Å². The van der Waals surface area contributed by atoms with Crippen molar-refractivity contribution in [3.05, 3.63) is 42.1 Å². The van der Waals surface area contributed by atoms with Crippen molar-refractivity contribution in [3.63, 3.8) is 0 Å². The lowest BCUT2D eigenvalue weighted by atomic mass is 9.98. The molecule has 1 aliphatic heterocycles. The van der Waals surface area contributed by atoms with Crippen molar-refractivity contribution in [2.45, 2.75) is 31.3 Å². The summed E-state index contributed by atoms with van der Waals surface area (Å²) in [6.45, 7) is 0.798. The molecule has 2 aromatic rings. The first-order chi connectivity index (χ1) is 10.6. The minimum atomic E-state index is -0.733. The van der Waals surface area contributed by atoms with Crippen LogP contribution in [0.1, 0.15) is 35.1 Å². The molecular weight excluding hydrogens is 406 g/mol. The number of likely N-dealkylation sites (tertiary alicyclic amines) is 1. The van der Waals surface area contributed by atoms with Crippen LogP contribution in [-0.2, 0) is 4.79 Å². The van der Waals surface area contributed by atoms with Gasteiger partial charge in [-0.25, -0.2) is 0 Å². The van der Waals surface area contributed by atoms with Gasteiger partial charge in [0.25, 0.3) is 0 Å². The van der Waals surface area contributed by atoms with E-state index in [9.17, 15) is 9.90 Å². The molecule has 3 rings (SSSR count). The SMILES string of the molecule is O=C(O)C1CCCCN1C(c1ccc(Cl)s1)c1ccc(Br)s1. The fourth-order valence-electron chi connectivity index (χ4n) is 2.95. The molecule has 1 N–H and O–H groups in total. The molecule has 0 aromatic carbocycles. The standard InChI is InChI=1S/C15H15BrClNO2S2/c16-12-6-4-10(21-12)14(11-5-7-13(17)22-11)18-8-2-1-3-9(18)15(19)20/h4-7,9,14H,1-3,8H2,(H,19,20). The van der Waals surface area contributed by atoms with E-state index < -0.39 is 12.0 Å². The Balaban J connectivity index is 2.02. The van der Waals surface area contributed by atoms with E-state index in [4.69, 9.17) is 11.6 Å². The van der Waals surface area contributed by atoms with E-state index >= 15 is 0 Å². The summed E-state index contributed by atoms with van der Waals surface area (Å²) in [5.74, 6) is -0.733. The van der Waals surface area contributed by atoms with Gasteiger partial charge in [-0.05, 0) is 59.6 Å². The normalized spacial score (nSPS) is 20.9. The number of carboxylic acid groups (broad SMARTS) is 1. The Bertz CT molecular complexity index is 632. The molecule has 0 amide bonds. The fraction of sp³-hybridized carbons (Fsp3) is 0.400. The largest absolute Gasteiger partial charge is 0.480 e. The van der Waals surface area contributed by atoms with E-state index in [1.807, 2.05) is 18.2 Å². The number of nitrogens with zero attached hydrogens (tertiary/aromatic N) is 1. The predicted molar refractivity (Wildman–Crippen MR) is 95.2 cm³/mol. The molecule has 3 heterocycles. The first-order valence-corrected chi connectivity index (χ1v) is 9.85. The van der Waals surface area contributed by atoms with Crippen molar-refractivity contribution in [2.24, 2.45) is 0 Å². The molecule has 7 heteroatoms. The van der Waals surface area contributed by atoms with Crippen LogP contribution in [0.25, 0.3) is 0 Å². The van der Waals surface area contributed by atoms with Gasteiger partial charge in [-0.3, -0.25) is 9.69 Å². The van der Waals surface area contributed by atoms with Crippen LogP contribution in [-0.4, -0.2) is 28.6 Å². The zero-order valence-electron chi connectivity index (χ0n) is 11.7. The van der Waals surface area contributed by atoms with Gasteiger partial charge in [0.15, 0.2) is 0 Å². The molecule has 2 unspecified atom stereocenters. The summed E-state index contributed by atoms with van der Waals surface area (Å²) in [6.07, 6.45) is 2.71. The summed E-state index contributed by atoms with van der Waals surface area (Å²) in [5, 5.41) is 9.59. The number of carbonyl (C=O) groups is 1. The minimum absolute atomic E-state index is 0.0322. The van der Waals surface area contributed by atoms with Crippen LogP contribution in [0, 0.1) is 0 Å². The van der Waals surface area contributed by atoms with E-state index in [0.29, 0.717) is 6.42 Å². The van der Waals surface area contributed by atoms with Crippen molar-refractivity contribution < 1.29 is 9.90 Å². The smallest absolute Gasteiger partial charge is 0.320 e. The number of carboxylic acids is 1. The highest BCUT2D eigenvalue weighted by atomic mass is 79.9. The van der Waals surface area contributed by atoms with Gasteiger partial charge in [0.05, 0.1) is 14.2 Å². The Morgan fingerprint density at radius 2 is 2.00 bits per heavy atom. The van der Waals surface area contributed by atoms with E-state index in [1.54, 1.807) is 11.3 Å². The van der Waals surface area contributed by atoms with Crippen molar-refractivity contribution in [3.8, 4) is 0 Å². The molecule has 3 nitrogen and oxygen atoms in total. The van der Waals surface area contributed by atoms with Crippen molar-refractivity contribution in [1.29, 1.82) is 0 Å². The minimum Gasteiger partial charge on any atom is -0.480 e. The summed E-state index contributed by atoms with van der Waals surface area (Å²) in [7, 11) is 0. The van der Waals surface area contributed by atoms with Gasteiger partial charge >= 0.3 is 5.97 Å². The number of piperidine rings is 1. The second kappa shape index (κ2) is 7.01. The van der Waals surface area contributed by atoms with Gasteiger partial charge in [-0.2, -0.15) is 0 Å². The number of hydrogen-bond acceptors (Lipinski definition) is 4. The molecule has 1 aliphatic rings. The number of thiophene rings is 2. The predicted octanol–water partition coefficient (Wildman–Crippen LogP) is 5.25. The van der Waals surface area contributed by atoms with Crippen LogP contribution in [0.5, 0.6) is 0 Å². The number of rotatable bonds is 4. The number of aliphatic carboxylic acids is 1. The zero-order chi connectivity index (χ0) is 15.7. The Labute approximate surface area is 150 Å². The third-order valence-electron chi connectivity index (χ3n) is 3.89. The Kier molecular flexibility index (Phi) is 5.24. The molecule has 22 heavy (non-hydrogen) atoms. The molecule has 2 aromatic heterocycles. The van der Waals surface area contributed by atoms with E-state index in [2.05, 4.69) is 26.9 Å². The molecule has 0 bridgehead atoms. The molecular formula is C15H15BrClNO2S2.